The summed E-state index contributed by atoms with van der Waals surface area (Å²) in [5, 5.41) is 1.11. The second kappa shape index (κ2) is 4.77. The Morgan fingerprint density at radius 3 is 2.25 bits per heavy atom. The topological polar surface area (TPSA) is 9.23 Å². The van der Waals surface area contributed by atoms with Crippen molar-refractivity contribution in [2.75, 3.05) is 0 Å². The lowest BCUT2D eigenvalue weighted by Crippen LogP contribution is -1.85. The average Bonchev–Trinajstić information content (AvgIpc) is 2.25. The van der Waals surface area contributed by atoms with Crippen LogP contribution in [0, 0.1) is 6.92 Å². The fourth-order valence-corrected chi connectivity index (χ4v) is 1.74. The predicted molar refractivity (Wildman–Crippen MR) is 67.7 cm³/mol. The third-order valence-corrected chi connectivity index (χ3v) is 2.67. The molecule has 0 aliphatic carbocycles. The summed E-state index contributed by atoms with van der Waals surface area (Å²) in [5.74, 6) is 1.37. The molecule has 2 aromatic rings. The van der Waals surface area contributed by atoms with E-state index in [2.05, 4.69) is 0 Å². The molecule has 0 aliphatic heterocycles. The molecule has 3 heteroatoms. The maximum atomic E-state index is 6.00. The van der Waals surface area contributed by atoms with Crippen LogP contribution in [0.1, 0.15) is 5.56 Å². The van der Waals surface area contributed by atoms with Crippen molar-refractivity contribution in [1.29, 1.82) is 0 Å². The van der Waals surface area contributed by atoms with Crippen molar-refractivity contribution in [2.24, 2.45) is 0 Å². The Morgan fingerprint density at radius 1 is 0.938 bits per heavy atom. The van der Waals surface area contributed by atoms with Crippen LogP contribution in [0.15, 0.2) is 42.5 Å². The van der Waals surface area contributed by atoms with Gasteiger partial charge in [-0.25, -0.2) is 0 Å². The molecule has 0 saturated carbocycles. The van der Waals surface area contributed by atoms with Crippen LogP contribution in [0.4, 0.5) is 0 Å². The van der Waals surface area contributed by atoms with Crippen LogP contribution in [-0.2, 0) is 0 Å². The van der Waals surface area contributed by atoms with Crippen molar-refractivity contribution in [3.63, 3.8) is 0 Å². The highest BCUT2D eigenvalue weighted by Gasteiger charge is 2.03. The first kappa shape index (κ1) is 11.3. The molecule has 16 heavy (non-hydrogen) atoms. The molecule has 0 spiro atoms. The highest BCUT2D eigenvalue weighted by Crippen LogP contribution is 2.31. The third-order valence-electron chi connectivity index (χ3n) is 2.14. The van der Waals surface area contributed by atoms with Gasteiger partial charge in [0.25, 0.3) is 0 Å². The summed E-state index contributed by atoms with van der Waals surface area (Å²) in [6.45, 7) is 2.03. The number of hydrogen-bond acceptors (Lipinski definition) is 1. The summed E-state index contributed by atoms with van der Waals surface area (Å²) in [4.78, 5) is 0. The van der Waals surface area contributed by atoms with Crippen molar-refractivity contribution < 1.29 is 4.74 Å². The molecule has 0 bridgehead atoms. The SMILES string of the molecule is Cc1ccc(Oc2ccc(Cl)cc2Cl)cc1. The molecule has 0 aliphatic rings. The molecule has 0 radical (unpaired) electrons. The number of benzene rings is 2. The molecular formula is C13H10Cl2O. The van der Waals surface area contributed by atoms with Crippen LogP contribution in [0.2, 0.25) is 10.0 Å². The molecular weight excluding hydrogens is 243 g/mol. The molecule has 1 nitrogen and oxygen atoms in total. The lowest BCUT2D eigenvalue weighted by Gasteiger charge is -2.07. The summed E-state index contributed by atoms with van der Waals surface area (Å²) < 4.78 is 5.63. The van der Waals surface area contributed by atoms with Gasteiger partial charge in [-0.3, -0.25) is 0 Å². The van der Waals surface area contributed by atoms with Crippen LogP contribution in [0.5, 0.6) is 11.5 Å². The van der Waals surface area contributed by atoms with Gasteiger partial charge in [-0.05, 0) is 37.3 Å². The van der Waals surface area contributed by atoms with Crippen LogP contribution in [0.3, 0.4) is 0 Å². The first-order chi connectivity index (χ1) is 7.65. The summed E-state index contributed by atoms with van der Waals surface area (Å²) >= 11 is 11.8. The Balaban J connectivity index is 2.23. The fraction of sp³-hybridized carbons (Fsp3) is 0.0769. The highest BCUT2D eigenvalue weighted by molar-refractivity contribution is 6.35. The number of hydrogen-bond donors (Lipinski definition) is 0. The Morgan fingerprint density at radius 2 is 1.62 bits per heavy atom. The summed E-state index contributed by atoms with van der Waals surface area (Å²) in [5.41, 5.74) is 1.19. The van der Waals surface area contributed by atoms with E-state index in [1.54, 1.807) is 18.2 Å². The molecule has 82 valence electrons. The van der Waals surface area contributed by atoms with E-state index >= 15 is 0 Å². The van der Waals surface area contributed by atoms with Gasteiger partial charge in [-0.1, -0.05) is 40.9 Å². The molecule has 2 rings (SSSR count). The zero-order chi connectivity index (χ0) is 11.5. The maximum Gasteiger partial charge on any atom is 0.146 e. The standard InChI is InChI=1S/C13H10Cl2O/c1-9-2-5-11(6-3-9)16-13-7-4-10(14)8-12(13)15/h2-8H,1H3. The lowest BCUT2D eigenvalue weighted by atomic mass is 10.2. The van der Waals surface area contributed by atoms with Crippen molar-refractivity contribution in [1.82, 2.24) is 0 Å². The Labute approximate surface area is 105 Å². The van der Waals surface area contributed by atoms with Crippen molar-refractivity contribution >= 4 is 23.2 Å². The minimum absolute atomic E-state index is 0.507. The van der Waals surface area contributed by atoms with E-state index in [1.807, 2.05) is 31.2 Å². The van der Waals surface area contributed by atoms with Gasteiger partial charge >= 0.3 is 0 Å². The van der Waals surface area contributed by atoms with E-state index in [-0.39, 0.29) is 0 Å². The largest absolute Gasteiger partial charge is 0.456 e. The Hall–Kier alpha value is -1.18. The van der Waals surface area contributed by atoms with Gasteiger partial charge in [0, 0.05) is 5.02 Å². The van der Waals surface area contributed by atoms with Crippen molar-refractivity contribution in [3.05, 3.63) is 58.1 Å². The molecule has 0 N–H and O–H groups in total. The monoisotopic (exact) mass is 252 g/mol. The van der Waals surface area contributed by atoms with Gasteiger partial charge in [0.2, 0.25) is 0 Å². The van der Waals surface area contributed by atoms with Gasteiger partial charge in [0.1, 0.15) is 11.5 Å². The van der Waals surface area contributed by atoms with Crippen LogP contribution in [-0.4, -0.2) is 0 Å². The van der Waals surface area contributed by atoms with Crippen molar-refractivity contribution in [2.45, 2.75) is 6.92 Å². The van der Waals surface area contributed by atoms with Gasteiger partial charge in [-0.2, -0.15) is 0 Å². The second-order valence-electron chi connectivity index (χ2n) is 3.49. The van der Waals surface area contributed by atoms with E-state index in [0.29, 0.717) is 15.8 Å². The van der Waals surface area contributed by atoms with E-state index in [0.717, 1.165) is 5.75 Å². The quantitative estimate of drug-likeness (QED) is 0.723. The zero-order valence-corrected chi connectivity index (χ0v) is 10.2. The molecule has 2 aromatic carbocycles. The van der Waals surface area contributed by atoms with Crippen molar-refractivity contribution in [3.8, 4) is 11.5 Å². The zero-order valence-electron chi connectivity index (χ0n) is 8.71. The third kappa shape index (κ3) is 2.69. The second-order valence-corrected chi connectivity index (χ2v) is 4.33. The van der Waals surface area contributed by atoms with E-state index < -0.39 is 0 Å². The van der Waals surface area contributed by atoms with Gasteiger partial charge in [-0.15, -0.1) is 0 Å². The smallest absolute Gasteiger partial charge is 0.146 e. The molecule has 0 fully saturated rings. The van der Waals surface area contributed by atoms with E-state index in [4.69, 9.17) is 27.9 Å². The van der Waals surface area contributed by atoms with E-state index in [1.165, 1.54) is 5.56 Å². The molecule has 0 amide bonds. The highest BCUT2D eigenvalue weighted by atomic mass is 35.5. The summed E-state index contributed by atoms with van der Waals surface area (Å²) in [6, 6.07) is 12.9. The van der Waals surface area contributed by atoms with E-state index in [9.17, 15) is 0 Å². The van der Waals surface area contributed by atoms with Crippen LogP contribution < -0.4 is 4.74 Å². The van der Waals surface area contributed by atoms with Crippen LogP contribution >= 0.6 is 23.2 Å². The minimum Gasteiger partial charge on any atom is -0.456 e. The first-order valence-electron chi connectivity index (χ1n) is 4.85. The van der Waals surface area contributed by atoms with Gasteiger partial charge in [0.05, 0.1) is 5.02 Å². The predicted octanol–water partition coefficient (Wildman–Crippen LogP) is 5.09. The average molecular weight is 253 g/mol. The lowest BCUT2D eigenvalue weighted by molar-refractivity contribution is 0.483. The Bertz CT molecular complexity index is 492. The molecule has 0 heterocycles. The number of halogens is 2. The number of aryl methyl sites for hydroxylation is 1. The number of rotatable bonds is 2. The van der Waals surface area contributed by atoms with Crippen LogP contribution in [0.25, 0.3) is 0 Å². The van der Waals surface area contributed by atoms with Gasteiger partial charge in [0.15, 0.2) is 0 Å². The molecule has 0 atom stereocenters. The maximum absolute atomic E-state index is 6.00. The molecule has 0 unspecified atom stereocenters. The Kier molecular flexibility index (Phi) is 3.37. The minimum atomic E-state index is 0.507. The molecule has 0 aromatic heterocycles. The summed E-state index contributed by atoms with van der Waals surface area (Å²) in [7, 11) is 0. The first-order valence-corrected chi connectivity index (χ1v) is 5.60. The summed E-state index contributed by atoms with van der Waals surface area (Å²) in [6.07, 6.45) is 0. The normalized spacial score (nSPS) is 10.2. The number of ether oxygens (including phenoxy) is 1. The molecule has 0 saturated heterocycles. The fourth-order valence-electron chi connectivity index (χ4n) is 1.29. The van der Waals surface area contributed by atoms with Gasteiger partial charge < -0.3 is 4.74 Å².